The summed E-state index contributed by atoms with van der Waals surface area (Å²) in [6, 6.07) is 0. The van der Waals surface area contributed by atoms with Crippen molar-refractivity contribution < 1.29 is 42.8 Å². The van der Waals surface area contributed by atoms with Crippen molar-refractivity contribution in [2.75, 3.05) is 66.1 Å². The highest BCUT2D eigenvalue weighted by atomic mass is 16.6. The molecule has 0 atom stereocenters. The number of esters is 1. The Morgan fingerprint density at radius 3 is 1.68 bits per heavy atom. The van der Waals surface area contributed by atoms with Gasteiger partial charge in [0.1, 0.15) is 6.61 Å². The van der Waals surface area contributed by atoms with E-state index in [1.807, 2.05) is 0 Å². The summed E-state index contributed by atoms with van der Waals surface area (Å²) in [5.74, 6) is 1.07. The number of Topliss-reactive ketones (excluding diaryl/α,β-unsaturated/α-hetero) is 2. The van der Waals surface area contributed by atoms with Gasteiger partial charge >= 0.3 is 5.97 Å². The van der Waals surface area contributed by atoms with E-state index in [4.69, 9.17) is 34.8 Å². The minimum atomic E-state index is -1.22. The zero-order valence-corrected chi connectivity index (χ0v) is 16.0. The Balaban J connectivity index is 1.79. The molecular weight excluding hydrogens is 372 g/mol. The molecule has 0 saturated heterocycles. The van der Waals surface area contributed by atoms with E-state index in [-0.39, 0.29) is 44.0 Å². The highest BCUT2D eigenvalue weighted by Gasteiger charge is 2.35. The Bertz CT molecular complexity index is 496. The summed E-state index contributed by atoms with van der Waals surface area (Å²) in [6.45, 7) is 3.82. The van der Waals surface area contributed by atoms with Crippen LogP contribution in [0.1, 0.15) is 19.3 Å². The minimum absolute atomic E-state index is 0.0199. The van der Waals surface area contributed by atoms with E-state index in [0.717, 1.165) is 0 Å². The maximum absolute atomic E-state index is 11.6. The van der Waals surface area contributed by atoms with Gasteiger partial charge in [0.25, 0.3) is 0 Å². The van der Waals surface area contributed by atoms with Crippen molar-refractivity contribution in [3.63, 3.8) is 0 Å². The predicted octanol–water partition coefficient (Wildman–Crippen LogP) is -0.0635. The van der Waals surface area contributed by atoms with E-state index in [2.05, 4.69) is 5.92 Å². The summed E-state index contributed by atoms with van der Waals surface area (Å²) in [4.78, 5) is 34.3. The zero-order chi connectivity index (χ0) is 20.5. The number of carbonyl (C=O) groups is 3. The lowest BCUT2D eigenvalue weighted by Crippen LogP contribution is -2.28. The van der Waals surface area contributed by atoms with Gasteiger partial charge in [0, 0.05) is 12.8 Å². The van der Waals surface area contributed by atoms with Crippen LogP contribution in [-0.2, 0) is 42.8 Å². The van der Waals surface area contributed by atoms with Crippen LogP contribution in [0.4, 0.5) is 0 Å². The third-order valence-electron chi connectivity index (χ3n) is 3.58. The van der Waals surface area contributed by atoms with Crippen molar-refractivity contribution in [1.29, 1.82) is 0 Å². The van der Waals surface area contributed by atoms with Crippen LogP contribution in [0.5, 0.6) is 0 Å². The molecule has 0 spiro atoms. The second-order valence-electron chi connectivity index (χ2n) is 5.76. The molecule has 9 heteroatoms. The van der Waals surface area contributed by atoms with Crippen LogP contribution < -0.4 is 0 Å². The molecule has 0 radical (unpaired) electrons. The van der Waals surface area contributed by atoms with Gasteiger partial charge in [-0.15, -0.1) is 6.42 Å². The number of terminal acetylenes is 1. The van der Waals surface area contributed by atoms with Gasteiger partial charge in [0.2, 0.25) is 6.10 Å². The highest BCUT2D eigenvalue weighted by molar-refractivity contribution is 6.12. The Labute approximate surface area is 164 Å². The molecule has 1 aliphatic rings. The number of carbonyl (C=O) groups excluding carboxylic acids is 3. The van der Waals surface area contributed by atoms with E-state index in [0.29, 0.717) is 52.9 Å². The maximum atomic E-state index is 11.6. The molecule has 0 amide bonds. The molecule has 158 valence electrons. The molecule has 1 aliphatic carbocycles. The Kier molecular flexibility index (Phi) is 14.0. The van der Waals surface area contributed by atoms with Crippen molar-refractivity contribution >= 4 is 17.5 Å². The number of hydrogen-bond acceptors (Lipinski definition) is 9. The molecule has 0 unspecified atom stereocenters. The predicted molar refractivity (Wildman–Crippen MR) is 96.7 cm³/mol. The summed E-state index contributed by atoms with van der Waals surface area (Å²) in [5, 5.41) is 0. The van der Waals surface area contributed by atoms with Gasteiger partial charge in [0.15, 0.2) is 11.6 Å². The lowest BCUT2D eigenvalue weighted by molar-refractivity contribution is -0.158. The molecule has 1 saturated carbocycles. The number of ether oxygens (including phenoxy) is 6. The molecule has 0 aromatic rings. The van der Waals surface area contributed by atoms with Gasteiger partial charge in [-0.3, -0.25) is 14.4 Å². The van der Waals surface area contributed by atoms with Crippen LogP contribution >= 0.6 is 0 Å². The fraction of sp³-hybridized carbons (Fsp3) is 0.737. The summed E-state index contributed by atoms with van der Waals surface area (Å²) < 4.78 is 31.1. The molecule has 9 nitrogen and oxygen atoms in total. The van der Waals surface area contributed by atoms with Crippen molar-refractivity contribution in [2.24, 2.45) is 0 Å². The number of rotatable bonds is 17. The minimum Gasteiger partial charge on any atom is -0.446 e. The fourth-order valence-corrected chi connectivity index (χ4v) is 2.18. The second-order valence-corrected chi connectivity index (χ2v) is 5.76. The fourth-order valence-electron chi connectivity index (χ4n) is 2.18. The average molecular weight is 400 g/mol. The first-order chi connectivity index (χ1) is 13.6. The largest absolute Gasteiger partial charge is 0.446 e. The van der Waals surface area contributed by atoms with E-state index < -0.39 is 12.1 Å². The molecule has 0 bridgehead atoms. The molecule has 0 aromatic carbocycles. The maximum Gasteiger partial charge on any atom is 0.309 e. The van der Waals surface area contributed by atoms with E-state index in [1.165, 1.54) is 0 Å². The Morgan fingerprint density at radius 2 is 1.21 bits per heavy atom. The zero-order valence-electron chi connectivity index (χ0n) is 16.0. The smallest absolute Gasteiger partial charge is 0.309 e. The molecule has 1 rings (SSSR count). The lowest BCUT2D eigenvalue weighted by Gasteiger charge is -2.09. The number of ketones is 2. The van der Waals surface area contributed by atoms with Crippen molar-refractivity contribution in [3.8, 4) is 12.3 Å². The van der Waals surface area contributed by atoms with Crippen molar-refractivity contribution in [2.45, 2.75) is 25.4 Å². The quantitative estimate of drug-likeness (QED) is 0.144. The standard InChI is InChI=1S/C19H28O9/c1-2-6-23-8-10-25-12-14-27-15-13-26-11-9-24-7-5-18(22)28-19-16(20)3-4-17(19)21/h1,19H,3-15H2. The van der Waals surface area contributed by atoms with E-state index in [1.54, 1.807) is 0 Å². The van der Waals surface area contributed by atoms with Gasteiger partial charge in [-0.1, -0.05) is 5.92 Å². The topological polar surface area (TPSA) is 107 Å². The molecule has 1 fully saturated rings. The highest BCUT2D eigenvalue weighted by Crippen LogP contribution is 2.14. The van der Waals surface area contributed by atoms with E-state index in [9.17, 15) is 14.4 Å². The van der Waals surface area contributed by atoms with Gasteiger partial charge in [-0.2, -0.15) is 0 Å². The molecule has 0 N–H and O–H groups in total. The second kappa shape index (κ2) is 16.2. The van der Waals surface area contributed by atoms with Gasteiger partial charge in [0.05, 0.1) is 65.9 Å². The summed E-state index contributed by atoms with van der Waals surface area (Å²) in [7, 11) is 0. The average Bonchev–Trinajstić information content (AvgIpc) is 2.99. The first-order valence-electron chi connectivity index (χ1n) is 9.22. The Hall–Kier alpha value is -1.83. The van der Waals surface area contributed by atoms with Gasteiger partial charge < -0.3 is 28.4 Å². The summed E-state index contributed by atoms with van der Waals surface area (Å²) >= 11 is 0. The van der Waals surface area contributed by atoms with Gasteiger partial charge in [-0.05, 0) is 0 Å². The normalized spacial score (nSPS) is 14.4. The first kappa shape index (κ1) is 24.2. The van der Waals surface area contributed by atoms with Crippen LogP contribution in [0.2, 0.25) is 0 Å². The van der Waals surface area contributed by atoms with Gasteiger partial charge in [-0.25, -0.2) is 0 Å². The first-order valence-corrected chi connectivity index (χ1v) is 9.22. The molecule has 0 heterocycles. The van der Waals surface area contributed by atoms with Crippen molar-refractivity contribution in [1.82, 2.24) is 0 Å². The van der Waals surface area contributed by atoms with Crippen LogP contribution in [-0.4, -0.2) is 89.7 Å². The van der Waals surface area contributed by atoms with Crippen molar-refractivity contribution in [3.05, 3.63) is 0 Å². The molecule has 0 aromatic heterocycles. The molecule has 0 aliphatic heterocycles. The molecular formula is C19H28O9. The lowest BCUT2D eigenvalue weighted by atomic mass is 10.3. The monoisotopic (exact) mass is 400 g/mol. The number of hydrogen-bond donors (Lipinski definition) is 0. The summed E-state index contributed by atoms with van der Waals surface area (Å²) in [5.41, 5.74) is 0. The van der Waals surface area contributed by atoms with Crippen LogP contribution in [0, 0.1) is 12.3 Å². The molecule has 28 heavy (non-hydrogen) atoms. The SMILES string of the molecule is C#CCOCCOCCOCCOCCOCCC(=O)OC1C(=O)CCC1=O. The van der Waals surface area contributed by atoms with E-state index >= 15 is 0 Å². The third kappa shape index (κ3) is 11.8. The van der Waals surface area contributed by atoms with Crippen LogP contribution in [0.3, 0.4) is 0 Å². The van der Waals surface area contributed by atoms with Crippen LogP contribution in [0.25, 0.3) is 0 Å². The Morgan fingerprint density at radius 1 is 0.786 bits per heavy atom. The third-order valence-corrected chi connectivity index (χ3v) is 3.58. The van der Waals surface area contributed by atoms with Crippen LogP contribution in [0.15, 0.2) is 0 Å². The summed E-state index contributed by atoms with van der Waals surface area (Å²) in [6.07, 6.45) is 4.08.